The highest BCUT2D eigenvalue weighted by Gasteiger charge is 2.30. The van der Waals surface area contributed by atoms with Crippen LogP contribution in [0.25, 0.3) is 0 Å². The molecule has 0 bridgehead atoms. The van der Waals surface area contributed by atoms with Crippen LogP contribution in [0.1, 0.15) is 49.9 Å². The first-order valence-electron chi connectivity index (χ1n) is 8.23. The molecule has 1 N–H and O–H groups in total. The summed E-state index contributed by atoms with van der Waals surface area (Å²) in [7, 11) is 0. The summed E-state index contributed by atoms with van der Waals surface area (Å²) >= 11 is 0. The third-order valence-electron chi connectivity index (χ3n) is 4.11. The number of nitrogens with zero attached hydrogens (tertiary/aromatic N) is 1. The molecule has 0 saturated carbocycles. The van der Waals surface area contributed by atoms with Crippen LogP contribution in [0.3, 0.4) is 0 Å². The zero-order valence-corrected chi connectivity index (χ0v) is 13.8. The second-order valence-electron chi connectivity index (χ2n) is 6.45. The molecular weight excluding hydrogens is 294 g/mol. The Bertz CT molecular complexity index is 538. The van der Waals surface area contributed by atoms with Gasteiger partial charge in [-0.25, -0.2) is 0 Å². The molecule has 23 heavy (non-hydrogen) atoms. The summed E-state index contributed by atoms with van der Waals surface area (Å²) in [4.78, 5) is 25.1. The number of benzene rings is 1. The van der Waals surface area contributed by atoms with Gasteiger partial charge in [0.15, 0.2) is 0 Å². The predicted molar refractivity (Wildman–Crippen MR) is 87.7 cm³/mol. The summed E-state index contributed by atoms with van der Waals surface area (Å²) in [5, 5.41) is 8.95. The molecule has 1 fully saturated rings. The number of carboxylic acid groups (broad SMARTS) is 1. The van der Waals surface area contributed by atoms with Crippen LogP contribution >= 0.6 is 0 Å². The maximum atomic E-state index is 12.5. The highest BCUT2D eigenvalue weighted by molar-refractivity contribution is 5.95. The summed E-state index contributed by atoms with van der Waals surface area (Å²) in [6, 6.07) is 6.92. The number of amides is 1. The van der Waals surface area contributed by atoms with E-state index in [0.717, 1.165) is 25.0 Å². The van der Waals surface area contributed by atoms with Gasteiger partial charge in [-0.15, -0.1) is 0 Å². The van der Waals surface area contributed by atoms with E-state index in [-0.39, 0.29) is 18.4 Å². The molecule has 1 aliphatic rings. The quantitative estimate of drug-likeness (QED) is 0.838. The number of carboxylic acids is 1. The number of carbonyl (C=O) groups excluding carboxylic acids is 1. The monoisotopic (exact) mass is 319 g/mol. The normalized spacial score (nSPS) is 17.5. The van der Waals surface area contributed by atoms with Gasteiger partial charge in [0, 0.05) is 18.2 Å². The summed E-state index contributed by atoms with van der Waals surface area (Å²) in [6.45, 7) is 5.59. The lowest BCUT2D eigenvalue weighted by Gasteiger charge is -2.23. The fourth-order valence-electron chi connectivity index (χ4n) is 2.79. The van der Waals surface area contributed by atoms with Gasteiger partial charge in [-0.3, -0.25) is 9.59 Å². The fraction of sp³-hybridized carbons (Fsp3) is 0.556. The number of likely N-dealkylation sites (tertiary alicyclic amines) is 1. The minimum absolute atomic E-state index is 0.0160. The lowest BCUT2D eigenvalue weighted by Crippen LogP contribution is -2.36. The molecule has 0 radical (unpaired) electrons. The Morgan fingerprint density at radius 3 is 2.61 bits per heavy atom. The van der Waals surface area contributed by atoms with Crippen molar-refractivity contribution in [3.63, 3.8) is 0 Å². The molecule has 0 aromatic heterocycles. The van der Waals surface area contributed by atoms with Gasteiger partial charge in [0.05, 0.1) is 13.0 Å². The van der Waals surface area contributed by atoms with Crippen molar-refractivity contribution < 1.29 is 19.4 Å². The van der Waals surface area contributed by atoms with Crippen LogP contribution in [0.2, 0.25) is 0 Å². The van der Waals surface area contributed by atoms with E-state index in [9.17, 15) is 9.59 Å². The molecule has 126 valence electrons. The van der Waals surface area contributed by atoms with Crippen molar-refractivity contribution in [2.75, 3.05) is 13.2 Å². The average molecular weight is 319 g/mol. The van der Waals surface area contributed by atoms with Crippen LogP contribution in [0.4, 0.5) is 0 Å². The van der Waals surface area contributed by atoms with Crippen LogP contribution in [-0.4, -0.2) is 41.1 Å². The van der Waals surface area contributed by atoms with Crippen molar-refractivity contribution in [2.24, 2.45) is 5.92 Å². The molecule has 5 heteroatoms. The van der Waals surface area contributed by atoms with Gasteiger partial charge < -0.3 is 14.7 Å². The molecule has 1 atom stereocenters. The first-order valence-corrected chi connectivity index (χ1v) is 8.23. The van der Waals surface area contributed by atoms with Gasteiger partial charge in [0.25, 0.3) is 5.91 Å². The topological polar surface area (TPSA) is 66.8 Å². The Kier molecular flexibility index (Phi) is 6.02. The molecular formula is C18H25NO4. The third kappa shape index (κ3) is 4.98. The Morgan fingerprint density at radius 1 is 1.30 bits per heavy atom. The van der Waals surface area contributed by atoms with E-state index in [0.29, 0.717) is 24.6 Å². The van der Waals surface area contributed by atoms with E-state index < -0.39 is 5.97 Å². The Labute approximate surface area is 137 Å². The molecule has 0 aliphatic carbocycles. The number of carbonyl (C=O) groups is 2. The van der Waals surface area contributed by atoms with Crippen molar-refractivity contribution >= 4 is 11.9 Å². The largest absolute Gasteiger partial charge is 0.494 e. The van der Waals surface area contributed by atoms with Gasteiger partial charge in [-0.2, -0.15) is 0 Å². The highest BCUT2D eigenvalue weighted by Crippen LogP contribution is 2.23. The summed E-state index contributed by atoms with van der Waals surface area (Å²) in [5.41, 5.74) is 0.582. The summed E-state index contributed by atoms with van der Waals surface area (Å²) < 4.78 is 5.65. The van der Waals surface area contributed by atoms with E-state index >= 15 is 0 Å². The SMILES string of the molecule is CC(C)CCOc1ccc(C(=O)N2CCC[C@@H]2CC(=O)O)cc1. The van der Waals surface area contributed by atoms with Gasteiger partial charge in [0.2, 0.25) is 0 Å². The van der Waals surface area contributed by atoms with E-state index in [1.807, 2.05) is 0 Å². The van der Waals surface area contributed by atoms with Crippen molar-refractivity contribution in [3.05, 3.63) is 29.8 Å². The molecule has 0 spiro atoms. The molecule has 5 nitrogen and oxygen atoms in total. The molecule has 1 aliphatic heterocycles. The minimum atomic E-state index is -0.858. The van der Waals surface area contributed by atoms with Crippen LogP contribution in [0.5, 0.6) is 5.75 Å². The maximum Gasteiger partial charge on any atom is 0.305 e. The van der Waals surface area contributed by atoms with E-state index in [1.165, 1.54) is 0 Å². The molecule has 1 saturated heterocycles. The standard InChI is InChI=1S/C18H25NO4/c1-13(2)9-11-23-16-7-5-14(6-8-16)18(22)19-10-3-4-15(19)12-17(20)21/h5-8,13,15H,3-4,9-12H2,1-2H3,(H,20,21)/t15-/m1/s1. The molecule has 2 rings (SSSR count). The summed E-state index contributed by atoms with van der Waals surface area (Å²) in [5.74, 6) is 0.397. The molecule has 1 heterocycles. The molecule has 0 unspecified atom stereocenters. The van der Waals surface area contributed by atoms with Gasteiger partial charge in [0.1, 0.15) is 5.75 Å². The zero-order valence-electron chi connectivity index (χ0n) is 13.8. The summed E-state index contributed by atoms with van der Waals surface area (Å²) in [6.07, 6.45) is 2.63. The van der Waals surface area contributed by atoms with Crippen molar-refractivity contribution in [1.29, 1.82) is 0 Å². The number of aliphatic carboxylic acids is 1. The lowest BCUT2D eigenvalue weighted by molar-refractivity contribution is -0.137. The van der Waals surface area contributed by atoms with Gasteiger partial charge in [-0.1, -0.05) is 13.8 Å². The van der Waals surface area contributed by atoms with Gasteiger partial charge >= 0.3 is 5.97 Å². The first kappa shape index (κ1) is 17.3. The van der Waals surface area contributed by atoms with Crippen LogP contribution in [0, 0.1) is 5.92 Å². The molecule has 1 aromatic rings. The fourth-order valence-corrected chi connectivity index (χ4v) is 2.79. The number of hydrogen-bond acceptors (Lipinski definition) is 3. The van der Waals surface area contributed by atoms with Crippen LogP contribution in [0.15, 0.2) is 24.3 Å². The van der Waals surface area contributed by atoms with Gasteiger partial charge in [-0.05, 0) is 49.4 Å². The number of ether oxygens (including phenoxy) is 1. The van der Waals surface area contributed by atoms with Crippen molar-refractivity contribution in [2.45, 2.75) is 45.6 Å². The predicted octanol–water partition coefficient (Wildman–Crippen LogP) is 3.19. The lowest BCUT2D eigenvalue weighted by atomic mass is 10.1. The van der Waals surface area contributed by atoms with E-state index in [2.05, 4.69) is 13.8 Å². The first-order chi connectivity index (χ1) is 11.0. The minimum Gasteiger partial charge on any atom is -0.494 e. The van der Waals surface area contributed by atoms with Crippen LogP contribution < -0.4 is 4.74 Å². The van der Waals surface area contributed by atoms with Crippen molar-refractivity contribution in [1.82, 2.24) is 4.90 Å². The smallest absolute Gasteiger partial charge is 0.305 e. The highest BCUT2D eigenvalue weighted by atomic mass is 16.5. The number of hydrogen-bond donors (Lipinski definition) is 1. The third-order valence-corrected chi connectivity index (χ3v) is 4.11. The second kappa shape index (κ2) is 7.99. The second-order valence-corrected chi connectivity index (χ2v) is 6.45. The number of rotatable bonds is 7. The van der Waals surface area contributed by atoms with E-state index in [1.54, 1.807) is 29.2 Å². The Morgan fingerprint density at radius 2 is 2.00 bits per heavy atom. The Hall–Kier alpha value is -2.04. The zero-order chi connectivity index (χ0) is 16.8. The van der Waals surface area contributed by atoms with E-state index in [4.69, 9.17) is 9.84 Å². The van der Waals surface area contributed by atoms with Crippen molar-refractivity contribution in [3.8, 4) is 5.75 Å². The molecule has 1 amide bonds. The Balaban J connectivity index is 1.95. The molecule has 1 aromatic carbocycles. The van der Waals surface area contributed by atoms with Crippen LogP contribution in [-0.2, 0) is 4.79 Å². The average Bonchev–Trinajstić information content (AvgIpc) is 2.94. The maximum absolute atomic E-state index is 12.5.